The number of ether oxygens (including phenoxy) is 1. The van der Waals surface area contributed by atoms with Gasteiger partial charge in [-0.25, -0.2) is 0 Å². The van der Waals surface area contributed by atoms with Gasteiger partial charge in [0.25, 0.3) is 0 Å². The quantitative estimate of drug-likeness (QED) is 0.911. The number of methoxy groups -OCH3 is 1. The van der Waals surface area contributed by atoms with Gasteiger partial charge in [-0.05, 0) is 43.4 Å². The van der Waals surface area contributed by atoms with Crippen molar-refractivity contribution in [2.45, 2.75) is 32.5 Å². The number of likely N-dealkylation sites (tertiary alicyclic amines) is 1. The summed E-state index contributed by atoms with van der Waals surface area (Å²) in [7, 11) is 1.77. The first-order valence-corrected chi connectivity index (χ1v) is 7.64. The van der Waals surface area contributed by atoms with E-state index in [1.165, 1.54) is 30.8 Å². The van der Waals surface area contributed by atoms with Gasteiger partial charge in [0.05, 0.1) is 6.61 Å². The number of nitrogens with one attached hydrogen (secondary N) is 1. The van der Waals surface area contributed by atoms with Crippen LogP contribution in [0.15, 0.2) is 24.3 Å². The zero-order valence-electron chi connectivity index (χ0n) is 12.9. The minimum absolute atomic E-state index is 0.286. The maximum Gasteiger partial charge on any atom is 0.0716 e. The van der Waals surface area contributed by atoms with Crippen molar-refractivity contribution in [2.24, 2.45) is 11.8 Å². The minimum atomic E-state index is 0.286. The largest absolute Gasteiger partial charge is 0.380 e. The molecule has 2 saturated heterocycles. The van der Waals surface area contributed by atoms with Gasteiger partial charge in [-0.15, -0.1) is 0 Å². The molecule has 0 bridgehead atoms. The third-order valence-corrected chi connectivity index (χ3v) is 5.30. The molecular formula is C17H26N2O. The predicted molar refractivity (Wildman–Crippen MR) is 81.5 cm³/mol. The second-order valence-corrected chi connectivity index (χ2v) is 6.76. The highest BCUT2D eigenvalue weighted by Crippen LogP contribution is 2.41. The van der Waals surface area contributed by atoms with Gasteiger partial charge < -0.3 is 10.1 Å². The van der Waals surface area contributed by atoms with Crippen molar-refractivity contribution >= 4 is 0 Å². The molecule has 2 heterocycles. The fourth-order valence-electron chi connectivity index (χ4n) is 3.99. The van der Waals surface area contributed by atoms with E-state index in [1.54, 1.807) is 7.11 Å². The average Bonchev–Trinajstić information content (AvgIpc) is 2.96. The van der Waals surface area contributed by atoms with E-state index in [0.717, 1.165) is 18.4 Å². The van der Waals surface area contributed by atoms with Crippen molar-refractivity contribution in [1.82, 2.24) is 10.2 Å². The molecule has 2 fully saturated rings. The topological polar surface area (TPSA) is 24.5 Å². The van der Waals surface area contributed by atoms with Crippen LogP contribution < -0.4 is 5.32 Å². The van der Waals surface area contributed by atoms with Gasteiger partial charge in [-0.3, -0.25) is 4.90 Å². The summed E-state index contributed by atoms with van der Waals surface area (Å²) in [6, 6.07) is 8.67. The molecule has 1 N–H and O–H groups in total. The summed E-state index contributed by atoms with van der Waals surface area (Å²) in [4.78, 5) is 2.66. The van der Waals surface area contributed by atoms with Crippen LogP contribution in [0.1, 0.15) is 25.0 Å². The second-order valence-electron chi connectivity index (χ2n) is 6.76. The maximum atomic E-state index is 5.33. The third-order valence-electron chi connectivity index (χ3n) is 5.30. The highest BCUT2D eigenvalue weighted by molar-refractivity contribution is 5.27. The molecule has 0 radical (unpaired) electrons. The lowest BCUT2D eigenvalue weighted by molar-refractivity contribution is 0.129. The molecule has 1 aromatic rings. The van der Waals surface area contributed by atoms with Crippen molar-refractivity contribution in [3.05, 3.63) is 35.4 Å². The molecule has 0 aromatic heterocycles. The van der Waals surface area contributed by atoms with Gasteiger partial charge in [-0.2, -0.15) is 0 Å². The molecule has 3 heteroatoms. The zero-order valence-corrected chi connectivity index (χ0v) is 12.9. The fraction of sp³-hybridized carbons (Fsp3) is 0.647. The minimum Gasteiger partial charge on any atom is -0.380 e. The van der Waals surface area contributed by atoms with Crippen LogP contribution in [0.2, 0.25) is 0 Å². The molecule has 0 aliphatic carbocycles. The van der Waals surface area contributed by atoms with E-state index in [2.05, 4.69) is 48.3 Å². The Hall–Kier alpha value is -0.900. The van der Waals surface area contributed by atoms with E-state index in [-0.39, 0.29) is 5.54 Å². The fourth-order valence-corrected chi connectivity index (χ4v) is 3.99. The second kappa shape index (κ2) is 5.47. The number of benzene rings is 1. The van der Waals surface area contributed by atoms with E-state index < -0.39 is 0 Å². The smallest absolute Gasteiger partial charge is 0.0716 e. The van der Waals surface area contributed by atoms with E-state index in [9.17, 15) is 0 Å². The Morgan fingerprint density at radius 3 is 2.70 bits per heavy atom. The SMILES string of the molecule is COCc1ccccc1CN1CC2CNCC2C1(C)C. The summed E-state index contributed by atoms with van der Waals surface area (Å²) >= 11 is 0. The van der Waals surface area contributed by atoms with E-state index in [0.29, 0.717) is 6.61 Å². The summed E-state index contributed by atoms with van der Waals surface area (Å²) in [5, 5.41) is 3.55. The third kappa shape index (κ3) is 2.39. The van der Waals surface area contributed by atoms with Crippen molar-refractivity contribution < 1.29 is 4.74 Å². The molecule has 2 unspecified atom stereocenters. The zero-order chi connectivity index (χ0) is 14.2. The lowest BCUT2D eigenvalue weighted by atomic mass is 9.84. The van der Waals surface area contributed by atoms with E-state index in [1.807, 2.05) is 0 Å². The van der Waals surface area contributed by atoms with Crippen LogP contribution >= 0.6 is 0 Å². The van der Waals surface area contributed by atoms with Crippen LogP contribution in [0.3, 0.4) is 0 Å². The molecule has 3 rings (SSSR count). The highest BCUT2D eigenvalue weighted by Gasteiger charge is 2.49. The van der Waals surface area contributed by atoms with Crippen molar-refractivity contribution in [3.63, 3.8) is 0 Å². The molecule has 2 atom stereocenters. The number of hydrogen-bond acceptors (Lipinski definition) is 3. The Balaban J connectivity index is 1.78. The summed E-state index contributed by atoms with van der Waals surface area (Å²) in [5.74, 6) is 1.61. The van der Waals surface area contributed by atoms with E-state index >= 15 is 0 Å². The summed E-state index contributed by atoms with van der Waals surface area (Å²) in [6.45, 7) is 10.1. The molecule has 0 amide bonds. The molecule has 0 spiro atoms. The predicted octanol–water partition coefficient (Wildman–Crippen LogP) is 2.26. The van der Waals surface area contributed by atoms with Crippen LogP contribution in [0, 0.1) is 11.8 Å². The van der Waals surface area contributed by atoms with Crippen LogP contribution in [0.5, 0.6) is 0 Å². The molecule has 3 nitrogen and oxygen atoms in total. The Morgan fingerprint density at radius 1 is 1.25 bits per heavy atom. The molecule has 0 saturated carbocycles. The molecule has 1 aromatic carbocycles. The Bertz CT molecular complexity index is 472. The van der Waals surface area contributed by atoms with Gasteiger partial charge in [0.15, 0.2) is 0 Å². The standard InChI is InChI=1S/C17H26N2O/c1-17(2)16-9-18-8-15(16)11-19(17)10-13-6-4-5-7-14(13)12-20-3/h4-7,15-16,18H,8-12H2,1-3H3. The summed E-state index contributed by atoms with van der Waals surface area (Å²) < 4.78 is 5.33. The van der Waals surface area contributed by atoms with Crippen LogP contribution in [-0.4, -0.2) is 37.2 Å². The van der Waals surface area contributed by atoms with Gasteiger partial charge >= 0.3 is 0 Å². The van der Waals surface area contributed by atoms with Crippen molar-refractivity contribution in [3.8, 4) is 0 Å². The van der Waals surface area contributed by atoms with Crippen LogP contribution in [0.25, 0.3) is 0 Å². The lowest BCUT2D eigenvalue weighted by Gasteiger charge is -2.36. The van der Waals surface area contributed by atoms with Gasteiger partial charge in [0.2, 0.25) is 0 Å². The van der Waals surface area contributed by atoms with Crippen LogP contribution in [-0.2, 0) is 17.9 Å². The average molecular weight is 274 g/mol. The monoisotopic (exact) mass is 274 g/mol. The summed E-state index contributed by atoms with van der Waals surface area (Å²) in [5.41, 5.74) is 3.02. The Kier molecular flexibility index (Phi) is 3.85. The lowest BCUT2D eigenvalue weighted by Crippen LogP contribution is -2.44. The number of fused-ring (bicyclic) bond motifs is 1. The molecule has 110 valence electrons. The maximum absolute atomic E-state index is 5.33. The van der Waals surface area contributed by atoms with Crippen molar-refractivity contribution in [1.29, 1.82) is 0 Å². The Morgan fingerprint density at radius 2 is 2.00 bits per heavy atom. The number of nitrogens with zero attached hydrogens (tertiary/aromatic N) is 1. The van der Waals surface area contributed by atoms with Gasteiger partial charge in [0.1, 0.15) is 0 Å². The molecular weight excluding hydrogens is 248 g/mol. The first-order valence-electron chi connectivity index (χ1n) is 7.64. The Labute approximate surface area is 122 Å². The van der Waals surface area contributed by atoms with E-state index in [4.69, 9.17) is 4.74 Å². The van der Waals surface area contributed by atoms with Gasteiger partial charge in [-0.1, -0.05) is 24.3 Å². The molecule has 2 aliphatic rings. The molecule has 20 heavy (non-hydrogen) atoms. The van der Waals surface area contributed by atoms with Crippen LogP contribution in [0.4, 0.5) is 0 Å². The van der Waals surface area contributed by atoms with Gasteiger partial charge in [0, 0.05) is 32.3 Å². The number of rotatable bonds is 4. The highest BCUT2D eigenvalue weighted by atomic mass is 16.5. The molecule has 2 aliphatic heterocycles. The normalized spacial score (nSPS) is 28.8. The first-order chi connectivity index (χ1) is 9.63. The van der Waals surface area contributed by atoms with Crippen molar-refractivity contribution in [2.75, 3.05) is 26.7 Å². The summed E-state index contributed by atoms with van der Waals surface area (Å²) in [6.07, 6.45) is 0. The first kappa shape index (κ1) is 14.1. The number of hydrogen-bond donors (Lipinski definition) is 1.